The van der Waals surface area contributed by atoms with E-state index in [2.05, 4.69) is 14.9 Å². The van der Waals surface area contributed by atoms with Crippen molar-refractivity contribution in [2.24, 2.45) is 0 Å². The molecule has 1 aliphatic heterocycles. The predicted octanol–water partition coefficient (Wildman–Crippen LogP) is 3.12. The van der Waals surface area contributed by atoms with Crippen molar-refractivity contribution >= 4 is 22.6 Å². The monoisotopic (exact) mass is 429 g/mol. The quantitative estimate of drug-likeness (QED) is 0.690. The number of aromatic nitrogens is 2. The largest absolute Gasteiger partial charge is 0.416 e. The zero-order chi connectivity index (χ0) is 22.0. The van der Waals surface area contributed by atoms with Crippen molar-refractivity contribution < 1.29 is 18.0 Å². The first-order chi connectivity index (χ1) is 14.8. The van der Waals surface area contributed by atoms with E-state index in [1.807, 2.05) is 24.3 Å². The number of anilines is 1. The zero-order valence-corrected chi connectivity index (χ0v) is 16.8. The number of hydrogen-bond donors (Lipinski definition) is 1. The lowest BCUT2D eigenvalue weighted by Gasteiger charge is -2.34. The Labute approximate surface area is 177 Å². The Balaban J connectivity index is 1.34. The van der Waals surface area contributed by atoms with Crippen LogP contribution in [0, 0.1) is 0 Å². The summed E-state index contributed by atoms with van der Waals surface area (Å²) in [6.45, 7) is 2.78. The SMILES string of the molecule is Nc1nc(CN2CCN(C(=O)Cc3cccc(C(F)(F)F)c3)CC2)nc2ccccc12. The van der Waals surface area contributed by atoms with E-state index >= 15 is 0 Å². The lowest BCUT2D eigenvalue weighted by Crippen LogP contribution is -2.48. The van der Waals surface area contributed by atoms with Crippen molar-refractivity contribution in [2.75, 3.05) is 31.9 Å². The van der Waals surface area contributed by atoms with E-state index in [1.54, 1.807) is 11.0 Å². The third-order valence-electron chi connectivity index (χ3n) is 5.38. The number of carbonyl (C=O) groups excluding carboxylic acids is 1. The summed E-state index contributed by atoms with van der Waals surface area (Å²) in [4.78, 5) is 25.3. The molecule has 0 bridgehead atoms. The van der Waals surface area contributed by atoms with Crippen LogP contribution in [0.25, 0.3) is 10.9 Å². The molecule has 1 fully saturated rings. The van der Waals surface area contributed by atoms with Crippen LogP contribution in [-0.4, -0.2) is 51.9 Å². The molecule has 0 atom stereocenters. The zero-order valence-electron chi connectivity index (χ0n) is 16.8. The van der Waals surface area contributed by atoms with E-state index in [4.69, 9.17) is 5.73 Å². The third-order valence-corrected chi connectivity index (χ3v) is 5.38. The Kier molecular flexibility index (Phi) is 5.77. The number of benzene rings is 2. The van der Waals surface area contributed by atoms with Crippen LogP contribution in [0.15, 0.2) is 48.5 Å². The number of carbonyl (C=O) groups is 1. The molecule has 1 saturated heterocycles. The van der Waals surface area contributed by atoms with Crippen LogP contribution in [0.4, 0.5) is 19.0 Å². The van der Waals surface area contributed by atoms with Crippen LogP contribution in [0.2, 0.25) is 0 Å². The molecule has 2 N–H and O–H groups in total. The molecule has 4 rings (SSSR count). The summed E-state index contributed by atoms with van der Waals surface area (Å²) in [5, 5.41) is 0.816. The van der Waals surface area contributed by atoms with E-state index in [-0.39, 0.29) is 12.3 Å². The van der Waals surface area contributed by atoms with Gasteiger partial charge in [-0.15, -0.1) is 0 Å². The first-order valence-electron chi connectivity index (χ1n) is 9.97. The van der Waals surface area contributed by atoms with Crippen LogP contribution < -0.4 is 5.73 Å². The second kappa shape index (κ2) is 8.50. The van der Waals surface area contributed by atoms with Gasteiger partial charge in [-0.05, 0) is 23.8 Å². The van der Waals surface area contributed by atoms with E-state index in [1.165, 1.54) is 6.07 Å². The topological polar surface area (TPSA) is 75.3 Å². The van der Waals surface area contributed by atoms with E-state index < -0.39 is 11.7 Å². The average Bonchev–Trinajstić information content (AvgIpc) is 2.74. The Morgan fingerprint density at radius 3 is 2.48 bits per heavy atom. The minimum atomic E-state index is -4.42. The molecule has 3 aromatic rings. The summed E-state index contributed by atoms with van der Waals surface area (Å²) in [6.07, 6.45) is -4.47. The highest BCUT2D eigenvalue weighted by molar-refractivity contribution is 5.87. The number of piperazine rings is 1. The standard InChI is InChI=1S/C22H22F3N5O/c23-22(24,25)16-5-3-4-15(12-16)13-20(31)30-10-8-29(9-11-30)14-19-27-18-7-2-1-6-17(18)21(26)28-19/h1-7,12H,8-11,13-14H2,(H2,26,27,28). The lowest BCUT2D eigenvalue weighted by molar-refractivity contribution is -0.138. The maximum atomic E-state index is 12.9. The number of amides is 1. The van der Waals surface area contributed by atoms with Gasteiger partial charge >= 0.3 is 6.18 Å². The van der Waals surface area contributed by atoms with Crippen LogP contribution >= 0.6 is 0 Å². The number of nitrogens with two attached hydrogens (primary N) is 1. The van der Waals surface area contributed by atoms with Crippen molar-refractivity contribution in [1.29, 1.82) is 0 Å². The van der Waals surface area contributed by atoms with Gasteiger partial charge < -0.3 is 10.6 Å². The van der Waals surface area contributed by atoms with Crippen LogP contribution in [0.1, 0.15) is 17.0 Å². The Morgan fingerprint density at radius 1 is 1.00 bits per heavy atom. The molecule has 9 heteroatoms. The number of para-hydroxylation sites is 1. The lowest BCUT2D eigenvalue weighted by atomic mass is 10.1. The Bertz CT molecular complexity index is 1090. The van der Waals surface area contributed by atoms with Gasteiger partial charge in [0.15, 0.2) is 0 Å². The molecule has 1 aliphatic rings. The fourth-order valence-electron chi connectivity index (χ4n) is 3.72. The van der Waals surface area contributed by atoms with Gasteiger partial charge in [-0.1, -0.05) is 30.3 Å². The van der Waals surface area contributed by atoms with Gasteiger partial charge in [0.2, 0.25) is 5.91 Å². The number of fused-ring (bicyclic) bond motifs is 1. The molecule has 2 aromatic carbocycles. The highest BCUT2D eigenvalue weighted by atomic mass is 19.4. The van der Waals surface area contributed by atoms with Crippen LogP contribution in [0.3, 0.4) is 0 Å². The van der Waals surface area contributed by atoms with Gasteiger partial charge in [0.05, 0.1) is 24.0 Å². The van der Waals surface area contributed by atoms with E-state index in [0.717, 1.165) is 23.0 Å². The second-order valence-corrected chi connectivity index (χ2v) is 7.57. The van der Waals surface area contributed by atoms with Gasteiger partial charge in [-0.25, -0.2) is 9.97 Å². The molecule has 0 aliphatic carbocycles. The molecule has 0 radical (unpaired) electrons. The molecular formula is C22H22F3N5O. The van der Waals surface area contributed by atoms with Crippen LogP contribution in [0.5, 0.6) is 0 Å². The summed E-state index contributed by atoms with van der Waals surface area (Å²) < 4.78 is 38.6. The summed E-state index contributed by atoms with van der Waals surface area (Å²) in [5.41, 5.74) is 6.46. The van der Waals surface area contributed by atoms with Crippen molar-refractivity contribution in [3.8, 4) is 0 Å². The number of alkyl halides is 3. The molecule has 162 valence electrons. The van der Waals surface area contributed by atoms with Crippen LogP contribution in [-0.2, 0) is 23.9 Å². The van der Waals surface area contributed by atoms with Gasteiger partial charge in [0, 0.05) is 31.6 Å². The molecule has 0 unspecified atom stereocenters. The second-order valence-electron chi connectivity index (χ2n) is 7.57. The molecule has 1 aromatic heterocycles. The first-order valence-corrected chi connectivity index (χ1v) is 9.97. The number of nitrogens with zero attached hydrogens (tertiary/aromatic N) is 4. The summed E-state index contributed by atoms with van der Waals surface area (Å²) in [6, 6.07) is 12.5. The normalized spacial score (nSPS) is 15.4. The van der Waals surface area contributed by atoms with Gasteiger partial charge in [-0.3, -0.25) is 9.69 Å². The maximum absolute atomic E-state index is 12.9. The third kappa shape index (κ3) is 4.93. The van der Waals surface area contributed by atoms with E-state index in [9.17, 15) is 18.0 Å². The van der Waals surface area contributed by atoms with Crippen molar-refractivity contribution in [3.05, 3.63) is 65.5 Å². The average molecular weight is 429 g/mol. The van der Waals surface area contributed by atoms with Gasteiger partial charge in [0.25, 0.3) is 0 Å². The highest BCUT2D eigenvalue weighted by Crippen LogP contribution is 2.29. The fourth-order valence-corrected chi connectivity index (χ4v) is 3.72. The van der Waals surface area contributed by atoms with Gasteiger partial charge in [0.1, 0.15) is 11.6 Å². The molecule has 1 amide bonds. The number of nitrogen functional groups attached to an aromatic ring is 1. The Morgan fingerprint density at radius 2 is 1.74 bits per heavy atom. The minimum absolute atomic E-state index is 0.0474. The fraction of sp³-hybridized carbons (Fsp3) is 0.318. The maximum Gasteiger partial charge on any atom is 0.416 e. The predicted molar refractivity (Wildman–Crippen MR) is 111 cm³/mol. The number of rotatable bonds is 4. The summed E-state index contributed by atoms with van der Waals surface area (Å²) >= 11 is 0. The van der Waals surface area contributed by atoms with Crippen molar-refractivity contribution in [2.45, 2.75) is 19.1 Å². The molecule has 31 heavy (non-hydrogen) atoms. The number of halogens is 3. The van der Waals surface area contributed by atoms with E-state index in [0.29, 0.717) is 49.9 Å². The Hall–Kier alpha value is -3.20. The minimum Gasteiger partial charge on any atom is -0.383 e. The van der Waals surface area contributed by atoms with Gasteiger partial charge in [-0.2, -0.15) is 13.2 Å². The first kappa shape index (κ1) is 21.0. The highest BCUT2D eigenvalue weighted by Gasteiger charge is 2.30. The molecule has 2 heterocycles. The molecule has 6 nitrogen and oxygen atoms in total. The molecule has 0 spiro atoms. The molecular weight excluding hydrogens is 407 g/mol. The summed E-state index contributed by atoms with van der Waals surface area (Å²) in [5.74, 6) is 0.889. The summed E-state index contributed by atoms with van der Waals surface area (Å²) in [7, 11) is 0. The van der Waals surface area contributed by atoms with Crippen molar-refractivity contribution in [3.63, 3.8) is 0 Å². The van der Waals surface area contributed by atoms with Crippen molar-refractivity contribution in [1.82, 2.24) is 19.8 Å². The smallest absolute Gasteiger partial charge is 0.383 e. The number of hydrogen-bond acceptors (Lipinski definition) is 5. The molecule has 0 saturated carbocycles.